The quantitative estimate of drug-likeness (QED) is 0.855. The summed E-state index contributed by atoms with van der Waals surface area (Å²) in [6, 6.07) is 5.44. The maximum Gasteiger partial charge on any atom is 0.226 e. The molecule has 1 heterocycles. The molecule has 2 aromatic rings. The third-order valence-electron chi connectivity index (χ3n) is 2.96. The highest BCUT2D eigenvalue weighted by molar-refractivity contribution is 7.90. The molecule has 0 saturated heterocycles. The summed E-state index contributed by atoms with van der Waals surface area (Å²) in [5, 5.41) is 6.02. The summed E-state index contributed by atoms with van der Waals surface area (Å²) in [4.78, 5) is 11.7. The minimum Gasteiger partial charge on any atom is -0.360 e. The maximum absolute atomic E-state index is 13.6. The van der Waals surface area contributed by atoms with E-state index in [0.717, 1.165) is 6.07 Å². The molecule has 0 aliphatic rings. The third kappa shape index (κ3) is 5.04. The molecule has 1 aromatic carbocycles. The summed E-state index contributed by atoms with van der Waals surface area (Å²) >= 11 is 5.81. The van der Waals surface area contributed by atoms with Crippen molar-refractivity contribution in [2.24, 2.45) is 0 Å². The van der Waals surface area contributed by atoms with Crippen LogP contribution in [0.25, 0.3) is 0 Å². The standard InChI is InChI=1S/C14H14ClFN2O4S/c1-9-7-13(18-22-9)17-14(19)5-6-23(20,21)8-10-11(15)3-2-4-12(10)16/h2-4,7H,5-6,8H2,1H3,(H,17,18,19). The Bertz CT molecular complexity index is 800. The number of anilines is 1. The van der Waals surface area contributed by atoms with Crippen LogP contribution in [0.2, 0.25) is 5.02 Å². The van der Waals surface area contributed by atoms with Crippen LogP contribution in [0, 0.1) is 12.7 Å². The van der Waals surface area contributed by atoms with Crippen LogP contribution in [0.5, 0.6) is 0 Å². The molecule has 1 amide bonds. The van der Waals surface area contributed by atoms with Gasteiger partial charge in [-0.3, -0.25) is 4.79 Å². The average molecular weight is 361 g/mol. The Kier molecular flexibility index (Phi) is 5.38. The number of halogens is 2. The summed E-state index contributed by atoms with van der Waals surface area (Å²) in [5.74, 6) is -1.48. The number of nitrogens with zero attached hydrogens (tertiary/aromatic N) is 1. The molecule has 9 heteroatoms. The van der Waals surface area contributed by atoms with Gasteiger partial charge >= 0.3 is 0 Å². The first-order valence-corrected chi connectivity index (χ1v) is 8.83. The van der Waals surface area contributed by atoms with Gasteiger partial charge < -0.3 is 9.84 Å². The van der Waals surface area contributed by atoms with Crippen LogP contribution in [0.3, 0.4) is 0 Å². The highest BCUT2D eigenvalue weighted by atomic mass is 35.5. The Balaban J connectivity index is 1.95. The van der Waals surface area contributed by atoms with E-state index in [0.29, 0.717) is 5.76 Å². The van der Waals surface area contributed by atoms with Crippen molar-refractivity contribution in [1.29, 1.82) is 0 Å². The predicted molar refractivity (Wildman–Crippen MR) is 83.4 cm³/mol. The average Bonchev–Trinajstić information content (AvgIpc) is 2.86. The fourth-order valence-electron chi connectivity index (χ4n) is 1.84. The van der Waals surface area contributed by atoms with E-state index in [1.54, 1.807) is 6.92 Å². The molecule has 0 radical (unpaired) electrons. The van der Waals surface area contributed by atoms with Gasteiger partial charge in [0.1, 0.15) is 11.6 Å². The van der Waals surface area contributed by atoms with Crippen molar-refractivity contribution in [2.45, 2.75) is 19.1 Å². The van der Waals surface area contributed by atoms with E-state index in [9.17, 15) is 17.6 Å². The summed E-state index contributed by atoms with van der Waals surface area (Å²) in [6.07, 6.45) is -0.277. The molecule has 0 fully saturated rings. The van der Waals surface area contributed by atoms with Crippen LogP contribution < -0.4 is 5.32 Å². The van der Waals surface area contributed by atoms with E-state index in [4.69, 9.17) is 16.1 Å². The lowest BCUT2D eigenvalue weighted by atomic mass is 10.2. The number of carbonyl (C=O) groups excluding carboxylic acids is 1. The Morgan fingerprint density at radius 2 is 2.17 bits per heavy atom. The molecular weight excluding hydrogens is 347 g/mol. The molecule has 0 aliphatic carbocycles. The normalized spacial score (nSPS) is 11.4. The fourth-order valence-corrected chi connectivity index (χ4v) is 3.52. The Labute approximate surface area is 137 Å². The molecular formula is C14H14ClFN2O4S. The maximum atomic E-state index is 13.6. The van der Waals surface area contributed by atoms with Gasteiger partial charge in [-0.2, -0.15) is 0 Å². The lowest BCUT2D eigenvalue weighted by molar-refractivity contribution is -0.115. The van der Waals surface area contributed by atoms with Crippen molar-refractivity contribution in [2.75, 3.05) is 11.1 Å². The van der Waals surface area contributed by atoms with Gasteiger partial charge in [0.05, 0.1) is 11.5 Å². The first-order valence-electron chi connectivity index (χ1n) is 6.63. The number of hydrogen-bond acceptors (Lipinski definition) is 5. The van der Waals surface area contributed by atoms with Gasteiger partial charge in [-0.05, 0) is 19.1 Å². The van der Waals surface area contributed by atoms with Crippen LogP contribution in [0.4, 0.5) is 10.2 Å². The molecule has 0 unspecified atom stereocenters. The largest absolute Gasteiger partial charge is 0.360 e. The molecule has 0 spiro atoms. The minimum atomic E-state index is -3.69. The van der Waals surface area contributed by atoms with Crippen LogP contribution in [0.15, 0.2) is 28.8 Å². The summed E-state index contributed by atoms with van der Waals surface area (Å²) in [5.41, 5.74) is -0.0956. The Morgan fingerprint density at radius 1 is 1.43 bits per heavy atom. The van der Waals surface area contributed by atoms with Gasteiger partial charge in [0.25, 0.3) is 0 Å². The number of rotatable bonds is 6. The van der Waals surface area contributed by atoms with Gasteiger partial charge in [0, 0.05) is 23.1 Å². The second-order valence-electron chi connectivity index (χ2n) is 4.91. The first-order chi connectivity index (χ1) is 10.8. The molecule has 0 bridgehead atoms. The second-order valence-corrected chi connectivity index (χ2v) is 7.50. The van der Waals surface area contributed by atoms with Gasteiger partial charge in [-0.15, -0.1) is 0 Å². The van der Waals surface area contributed by atoms with Crippen molar-refractivity contribution < 1.29 is 22.1 Å². The van der Waals surface area contributed by atoms with E-state index >= 15 is 0 Å². The molecule has 124 valence electrons. The van der Waals surface area contributed by atoms with Crippen LogP contribution in [-0.4, -0.2) is 25.2 Å². The third-order valence-corrected chi connectivity index (χ3v) is 4.87. The summed E-state index contributed by atoms with van der Waals surface area (Å²) in [6.45, 7) is 1.66. The number of aryl methyl sites for hydroxylation is 1. The predicted octanol–water partition coefficient (Wildman–Crippen LogP) is 2.72. The zero-order chi connectivity index (χ0) is 17.0. The van der Waals surface area contributed by atoms with Crippen molar-refractivity contribution in [3.05, 3.63) is 46.4 Å². The Hall–Kier alpha value is -1.93. The van der Waals surface area contributed by atoms with Crippen LogP contribution in [0.1, 0.15) is 17.7 Å². The molecule has 6 nitrogen and oxygen atoms in total. The molecule has 1 N–H and O–H groups in total. The fraction of sp³-hybridized carbons (Fsp3) is 0.286. The first kappa shape index (κ1) is 17.4. The number of carbonyl (C=O) groups is 1. The van der Waals surface area contributed by atoms with Gasteiger partial charge in [0.2, 0.25) is 5.91 Å². The van der Waals surface area contributed by atoms with E-state index in [1.165, 1.54) is 18.2 Å². The number of nitrogens with one attached hydrogen (secondary N) is 1. The molecule has 0 saturated carbocycles. The smallest absolute Gasteiger partial charge is 0.226 e. The number of benzene rings is 1. The van der Waals surface area contributed by atoms with Crippen LogP contribution in [-0.2, 0) is 20.4 Å². The van der Waals surface area contributed by atoms with E-state index in [2.05, 4.69) is 10.5 Å². The summed E-state index contributed by atoms with van der Waals surface area (Å²) < 4.78 is 42.5. The lowest BCUT2D eigenvalue weighted by Gasteiger charge is -2.07. The highest BCUT2D eigenvalue weighted by Gasteiger charge is 2.19. The zero-order valence-corrected chi connectivity index (χ0v) is 13.7. The summed E-state index contributed by atoms with van der Waals surface area (Å²) in [7, 11) is -3.69. The Morgan fingerprint density at radius 3 is 2.78 bits per heavy atom. The number of amides is 1. The molecule has 2 rings (SSSR count). The number of hydrogen-bond donors (Lipinski definition) is 1. The van der Waals surface area contributed by atoms with Crippen molar-refractivity contribution in [1.82, 2.24) is 5.16 Å². The zero-order valence-electron chi connectivity index (χ0n) is 12.2. The second kappa shape index (κ2) is 7.10. The van der Waals surface area contributed by atoms with Crippen molar-refractivity contribution in [3.8, 4) is 0 Å². The lowest BCUT2D eigenvalue weighted by Crippen LogP contribution is -2.19. The van der Waals surface area contributed by atoms with Crippen molar-refractivity contribution >= 4 is 33.2 Å². The number of aromatic nitrogens is 1. The van der Waals surface area contributed by atoms with Gasteiger partial charge in [0.15, 0.2) is 15.7 Å². The van der Waals surface area contributed by atoms with Gasteiger partial charge in [-0.1, -0.05) is 22.8 Å². The monoisotopic (exact) mass is 360 g/mol. The SMILES string of the molecule is Cc1cc(NC(=O)CCS(=O)(=O)Cc2c(F)cccc2Cl)no1. The van der Waals surface area contributed by atoms with Crippen molar-refractivity contribution in [3.63, 3.8) is 0 Å². The topological polar surface area (TPSA) is 89.3 Å². The molecule has 0 atom stereocenters. The van der Waals surface area contributed by atoms with Crippen LogP contribution >= 0.6 is 11.6 Å². The van der Waals surface area contributed by atoms with Gasteiger partial charge in [-0.25, -0.2) is 12.8 Å². The van der Waals surface area contributed by atoms with E-state index in [1.807, 2.05) is 0 Å². The minimum absolute atomic E-state index is 0.0381. The van der Waals surface area contributed by atoms with E-state index < -0.39 is 33.1 Å². The molecule has 23 heavy (non-hydrogen) atoms. The molecule has 0 aliphatic heterocycles. The highest BCUT2D eigenvalue weighted by Crippen LogP contribution is 2.21. The number of sulfone groups is 1. The molecule has 1 aromatic heterocycles. The van der Waals surface area contributed by atoms with E-state index in [-0.39, 0.29) is 22.8 Å².